The minimum atomic E-state index is -0.804. The summed E-state index contributed by atoms with van der Waals surface area (Å²) in [7, 11) is 0. The van der Waals surface area contributed by atoms with Gasteiger partial charge >= 0.3 is 4.87 Å². The second kappa shape index (κ2) is 8.61. The van der Waals surface area contributed by atoms with Crippen molar-refractivity contribution < 1.29 is 18.8 Å². The van der Waals surface area contributed by atoms with E-state index in [1.54, 1.807) is 24.3 Å². The number of hydrogen-bond donors (Lipinski definition) is 1. The van der Waals surface area contributed by atoms with Gasteiger partial charge in [0.25, 0.3) is 0 Å². The summed E-state index contributed by atoms with van der Waals surface area (Å²) in [6.45, 7) is 3.42. The minimum absolute atomic E-state index is 0.272. The van der Waals surface area contributed by atoms with Crippen molar-refractivity contribution in [2.45, 2.75) is 36.1 Å². The van der Waals surface area contributed by atoms with E-state index in [0.717, 1.165) is 23.1 Å². The van der Waals surface area contributed by atoms with Crippen LogP contribution in [0.2, 0.25) is 5.02 Å². The SMILES string of the molecule is CC1(C)c2sc(=O)n(CC(=O)Nc3ccc(F)cc3)c2SC2C(=O)N(c3ccc(Cl)cc3)C(=O)C21. The van der Waals surface area contributed by atoms with Gasteiger partial charge in [0.2, 0.25) is 17.7 Å². The molecule has 2 atom stereocenters. The zero-order valence-corrected chi connectivity index (χ0v) is 21.0. The van der Waals surface area contributed by atoms with Crippen LogP contribution in [0.15, 0.2) is 58.4 Å². The molecule has 3 amide bonds. The Morgan fingerprint density at radius 3 is 2.37 bits per heavy atom. The van der Waals surface area contributed by atoms with E-state index >= 15 is 0 Å². The fourth-order valence-electron chi connectivity index (χ4n) is 4.49. The molecule has 5 rings (SSSR count). The Labute approximate surface area is 212 Å². The first-order valence-electron chi connectivity index (χ1n) is 10.7. The van der Waals surface area contributed by atoms with Crippen LogP contribution in [0.1, 0.15) is 18.7 Å². The van der Waals surface area contributed by atoms with Gasteiger partial charge in [-0.1, -0.05) is 48.5 Å². The van der Waals surface area contributed by atoms with Gasteiger partial charge in [0.15, 0.2) is 0 Å². The fourth-order valence-corrected chi connectivity index (χ4v) is 7.65. The Hall–Kier alpha value is -2.95. The zero-order valence-electron chi connectivity index (χ0n) is 18.6. The summed E-state index contributed by atoms with van der Waals surface area (Å²) >= 11 is 8.09. The molecule has 2 aliphatic rings. The number of aromatic nitrogens is 1. The van der Waals surface area contributed by atoms with E-state index in [1.807, 2.05) is 13.8 Å². The summed E-state index contributed by atoms with van der Waals surface area (Å²) in [5.74, 6) is -2.25. The molecule has 0 aliphatic carbocycles. The first kappa shape index (κ1) is 23.8. The number of nitrogens with one attached hydrogen (secondary N) is 1. The summed E-state index contributed by atoms with van der Waals surface area (Å²) in [4.78, 5) is 53.9. The number of thioether (sulfide) groups is 1. The van der Waals surface area contributed by atoms with E-state index in [0.29, 0.717) is 26.3 Å². The molecule has 1 fully saturated rings. The number of thiazole rings is 1. The first-order valence-corrected chi connectivity index (χ1v) is 12.7. The molecule has 0 spiro atoms. The smallest absolute Gasteiger partial charge is 0.308 e. The van der Waals surface area contributed by atoms with Crippen molar-refractivity contribution in [3.8, 4) is 0 Å². The lowest BCUT2D eigenvalue weighted by Gasteiger charge is -2.36. The molecule has 2 unspecified atom stereocenters. The quantitative estimate of drug-likeness (QED) is 0.508. The van der Waals surface area contributed by atoms with E-state index in [-0.39, 0.29) is 23.2 Å². The van der Waals surface area contributed by atoms with Crippen molar-refractivity contribution in [2.24, 2.45) is 5.92 Å². The third kappa shape index (κ3) is 3.99. The highest BCUT2D eigenvalue weighted by molar-refractivity contribution is 8.00. The monoisotopic (exact) mass is 531 g/mol. The molecule has 11 heteroatoms. The number of imide groups is 1. The topological polar surface area (TPSA) is 88.5 Å². The molecule has 1 aromatic heterocycles. The number of fused-ring (bicyclic) bond motifs is 2. The van der Waals surface area contributed by atoms with Gasteiger partial charge in [-0.15, -0.1) is 0 Å². The second-order valence-electron chi connectivity index (χ2n) is 8.87. The molecular formula is C24H19ClFN3O4S2. The van der Waals surface area contributed by atoms with Crippen LogP contribution in [0, 0.1) is 11.7 Å². The maximum Gasteiger partial charge on any atom is 0.308 e. The Kier molecular flexibility index (Phi) is 5.85. The maximum absolute atomic E-state index is 13.4. The number of carbonyl (C=O) groups is 3. The van der Waals surface area contributed by atoms with Crippen LogP contribution in [0.5, 0.6) is 0 Å². The molecule has 2 aromatic carbocycles. The predicted octanol–water partition coefficient (Wildman–Crippen LogP) is 4.28. The molecule has 1 N–H and O–H groups in total. The lowest BCUT2D eigenvalue weighted by molar-refractivity contribution is -0.123. The molecule has 7 nitrogen and oxygen atoms in total. The van der Waals surface area contributed by atoms with Gasteiger partial charge in [0.1, 0.15) is 17.6 Å². The van der Waals surface area contributed by atoms with Crippen LogP contribution < -0.4 is 15.1 Å². The van der Waals surface area contributed by atoms with Crippen molar-refractivity contribution in [2.75, 3.05) is 10.2 Å². The molecule has 0 bridgehead atoms. The molecule has 1 saturated heterocycles. The molecule has 0 radical (unpaired) electrons. The number of amides is 3. The van der Waals surface area contributed by atoms with Crippen molar-refractivity contribution in [3.05, 3.63) is 73.9 Å². The summed E-state index contributed by atoms with van der Waals surface area (Å²) in [6.07, 6.45) is 0. The normalized spacial score (nSPS) is 20.5. The third-order valence-corrected chi connectivity index (χ3v) is 9.29. The number of nitrogens with zero attached hydrogens (tertiary/aromatic N) is 2. The molecule has 3 aromatic rings. The zero-order chi connectivity index (χ0) is 25.1. The van der Waals surface area contributed by atoms with E-state index in [4.69, 9.17) is 11.6 Å². The van der Waals surface area contributed by atoms with Crippen LogP contribution in [-0.2, 0) is 26.3 Å². The Morgan fingerprint density at radius 2 is 1.71 bits per heavy atom. The molecule has 35 heavy (non-hydrogen) atoms. The molecule has 180 valence electrons. The first-order chi connectivity index (χ1) is 16.6. The summed E-state index contributed by atoms with van der Waals surface area (Å²) < 4.78 is 14.5. The number of hydrogen-bond acceptors (Lipinski definition) is 6. The van der Waals surface area contributed by atoms with E-state index in [2.05, 4.69) is 5.32 Å². The second-order valence-corrected chi connectivity index (χ2v) is 11.4. The standard InChI is InChI=1S/C24H19ClFN3O4S2/c1-24(2)17-18(21(32)29(20(17)31)15-9-3-12(25)4-10-15)34-22-19(24)35-23(33)28(22)11-16(30)27-14-7-5-13(26)6-8-14/h3-10,17-18H,11H2,1-2H3,(H,27,30). The molecule has 2 aliphatic heterocycles. The average molecular weight is 532 g/mol. The molecular weight excluding hydrogens is 513 g/mol. The average Bonchev–Trinajstić information content (AvgIpc) is 3.25. The Bertz CT molecular complexity index is 1420. The van der Waals surface area contributed by atoms with Crippen molar-refractivity contribution in [1.29, 1.82) is 0 Å². The number of halogens is 2. The number of anilines is 2. The Morgan fingerprint density at radius 1 is 1.06 bits per heavy atom. The van der Waals surface area contributed by atoms with Crippen LogP contribution in [0.3, 0.4) is 0 Å². The van der Waals surface area contributed by atoms with E-state index in [9.17, 15) is 23.6 Å². The number of rotatable bonds is 4. The Balaban J connectivity index is 1.46. The fraction of sp³-hybridized carbons (Fsp3) is 0.250. The van der Waals surface area contributed by atoms with E-state index < -0.39 is 28.3 Å². The summed E-state index contributed by atoms with van der Waals surface area (Å²) in [6, 6.07) is 11.8. The van der Waals surface area contributed by atoms with Crippen LogP contribution in [-0.4, -0.2) is 27.5 Å². The highest BCUT2D eigenvalue weighted by atomic mass is 35.5. The number of carbonyl (C=O) groups excluding carboxylic acids is 3. The van der Waals surface area contributed by atoms with Crippen LogP contribution in [0.4, 0.5) is 15.8 Å². The maximum atomic E-state index is 13.4. The minimum Gasteiger partial charge on any atom is -0.325 e. The number of benzene rings is 2. The van der Waals surface area contributed by atoms with E-state index in [1.165, 1.54) is 33.7 Å². The van der Waals surface area contributed by atoms with Gasteiger partial charge in [-0.2, -0.15) is 0 Å². The van der Waals surface area contributed by atoms with Crippen LogP contribution >= 0.6 is 34.7 Å². The highest BCUT2D eigenvalue weighted by Gasteiger charge is 2.59. The van der Waals surface area contributed by atoms with Crippen LogP contribution in [0.25, 0.3) is 0 Å². The molecule has 3 heterocycles. The van der Waals surface area contributed by atoms with Gasteiger partial charge in [0, 0.05) is 21.0 Å². The lowest BCUT2D eigenvalue weighted by atomic mass is 9.76. The van der Waals surface area contributed by atoms with Gasteiger partial charge < -0.3 is 5.32 Å². The van der Waals surface area contributed by atoms with Crippen molar-refractivity contribution in [3.63, 3.8) is 0 Å². The molecule has 0 saturated carbocycles. The van der Waals surface area contributed by atoms with Gasteiger partial charge in [-0.3, -0.25) is 23.7 Å². The van der Waals surface area contributed by atoms with Gasteiger partial charge in [0.05, 0.1) is 16.6 Å². The summed E-state index contributed by atoms with van der Waals surface area (Å²) in [5, 5.41) is 2.92. The van der Waals surface area contributed by atoms with Crippen molar-refractivity contribution >= 4 is 63.8 Å². The predicted molar refractivity (Wildman–Crippen MR) is 134 cm³/mol. The van der Waals surface area contributed by atoms with Gasteiger partial charge in [-0.25, -0.2) is 9.29 Å². The van der Waals surface area contributed by atoms with Gasteiger partial charge in [-0.05, 0) is 48.5 Å². The largest absolute Gasteiger partial charge is 0.325 e. The lowest BCUT2D eigenvalue weighted by Crippen LogP contribution is -2.41. The highest BCUT2D eigenvalue weighted by Crippen LogP contribution is 2.54. The summed E-state index contributed by atoms with van der Waals surface area (Å²) in [5.41, 5.74) is 0.0354. The third-order valence-electron chi connectivity index (χ3n) is 6.22. The van der Waals surface area contributed by atoms with Crippen molar-refractivity contribution in [1.82, 2.24) is 4.57 Å².